The van der Waals surface area contributed by atoms with E-state index in [1.54, 1.807) is 5.57 Å². The summed E-state index contributed by atoms with van der Waals surface area (Å²) >= 11 is 0. The lowest BCUT2D eigenvalue weighted by Crippen LogP contribution is -2.20. The highest BCUT2D eigenvalue weighted by Gasteiger charge is 2.07. The molecule has 0 spiro atoms. The van der Waals surface area contributed by atoms with Crippen LogP contribution in [0.3, 0.4) is 0 Å². The third-order valence-corrected chi connectivity index (χ3v) is 4.13. The van der Waals surface area contributed by atoms with Gasteiger partial charge in [-0.15, -0.1) is 0 Å². The molecule has 0 aromatic heterocycles. The lowest BCUT2D eigenvalue weighted by atomic mass is 9.97. The summed E-state index contributed by atoms with van der Waals surface area (Å²) in [5.74, 6) is 0.972. The predicted molar refractivity (Wildman–Crippen MR) is 89.8 cm³/mol. The smallest absolute Gasteiger partial charge is 0.119 e. The van der Waals surface area contributed by atoms with Crippen LogP contribution in [0.1, 0.15) is 64.0 Å². The number of benzene rings is 1. The number of nitrogens with one attached hydrogen (secondary N) is 1. The minimum atomic E-state index is 0.398. The molecule has 116 valence electrons. The van der Waals surface area contributed by atoms with Gasteiger partial charge in [-0.05, 0) is 69.7 Å². The molecule has 1 aromatic rings. The predicted octanol–water partition coefficient (Wildman–Crippen LogP) is 5.02. The molecule has 0 bridgehead atoms. The zero-order valence-electron chi connectivity index (χ0n) is 13.5. The zero-order valence-corrected chi connectivity index (χ0v) is 13.5. The summed E-state index contributed by atoms with van der Waals surface area (Å²) in [5, 5.41) is 3.63. The summed E-state index contributed by atoms with van der Waals surface area (Å²) in [7, 11) is 0. The molecule has 2 nitrogen and oxygen atoms in total. The Kier molecular flexibility index (Phi) is 6.81. The van der Waals surface area contributed by atoms with Crippen LogP contribution in [0, 0.1) is 0 Å². The maximum absolute atomic E-state index is 5.62. The van der Waals surface area contributed by atoms with Crippen molar-refractivity contribution in [3.05, 3.63) is 41.5 Å². The Morgan fingerprint density at radius 2 is 2.00 bits per heavy atom. The van der Waals surface area contributed by atoms with E-state index in [1.807, 2.05) is 0 Å². The molecule has 0 saturated carbocycles. The Labute approximate surface area is 129 Å². The quantitative estimate of drug-likeness (QED) is 0.678. The second kappa shape index (κ2) is 8.89. The highest BCUT2D eigenvalue weighted by molar-refractivity contribution is 5.29. The first kappa shape index (κ1) is 16.1. The summed E-state index contributed by atoms with van der Waals surface area (Å²) in [5.41, 5.74) is 2.97. The van der Waals surface area contributed by atoms with Gasteiger partial charge in [0.2, 0.25) is 0 Å². The molecule has 2 rings (SSSR count). The molecule has 1 unspecified atom stereocenters. The maximum atomic E-state index is 5.62. The van der Waals surface area contributed by atoms with Crippen molar-refractivity contribution in [2.75, 3.05) is 13.2 Å². The molecule has 1 atom stereocenters. The van der Waals surface area contributed by atoms with Crippen LogP contribution < -0.4 is 10.1 Å². The van der Waals surface area contributed by atoms with Crippen molar-refractivity contribution in [3.8, 4) is 5.75 Å². The Bertz CT molecular complexity index is 435. The summed E-state index contributed by atoms with van der Waals surface area (Å²) in [6.07, 6.45) is 10.0. The normalized spacial score (nSPS) is 16.4. The standard InChI is InChI=1S/C19H29NO/c1-3-15-21-19-11-9-18(10-12-19)16(2)20-14-13-17-7-5-4-6-8-17/h7,9-12,16,20H,3-6,8,13-15H2,1-2H3. The lowest BCUT2D eigenvalue weighted by Gasteiger charge is -2.17. The van der Waals surface area contributed by atoms with Crippen molar-refractivity contribution >= 4 is 0 Å². The van der Waals surface area contributed by atoms with Crippen LogP contribution >= 0.6 is 0 Å². The Morgan fingerprint density at radius 3 is 2.67 bits per heavy atom. The largest absolute Gasteiger partial charge is 0.494 e. The molecule has 21 heavy (non-hydrogen) atoms. The van der Waals surface area contributed by atoms with Crippen LogP contribution in [0.15, 0.2) is 35.9 Å². The van der Waals surface area contributed by atoms with Crippen molar-refractivity contribution in [1.82, 2.24) is 5.32 Å². The van der Waals surface area contributed by atoms with E-state index in [1.165, 1.54) is 37.7 Å². The van der Waals surface area contributed by atoms with E-state index in [0.29, 0.717) is 6.04 Å². The molecule has 1 N–H and O–H groups in total. The number of hydrogen-bond donors (Lipinski definition) is 1. The van der Waals surface area contributed by atoms with Crippen LogP contribution in [-0.2, 0) is 0 Å². The van der Waals surface area contributed by atoms with Gasteiger partial charge in [-0.2, -0.15) is 0 Å². The van der Waals surface area contributed by atoms with Gasteiger partial charge in [-0.25, -0.2) is 0 Å². The van der Waals surface area contributed by atoms with E-state index in [9.17, 15) is 0 Å². The van der Waals surface area contributed by atoms with Crippen molar-refractivity contribution in [2.45, 2.75) is 58.4 Å². The van der Waals surface area contributed by atoms with E-state index in [0.717, 1.165) is 25.3 Å². The molecule has 1 aromatic carbocycles. The molecule has 0 heterocycles. The van der Waals surface area contributed by atoms with Gasteiger partial charge in [0, 0.05) is 6.04 Å². The van der Waals surface area contributed by atoms with Gasteiger partial charge < -0.3 is 10.1 Å². The van der Waals surface area contributed by atoms with Crippen LogP contribution in [0.5, 0.6) is 5.75 Å². The van der Waals surface area contributed by atoms with Gasteiger partial charge in [0.05, 0.1) is 6.61 Å². The minimum Gasteiger partial charge on any atom is -0.494 e. The molecule has 0 aliphatic heterocycles. The van der Waals surface area contributed by atoms with Crippen LogP contribution in [0.2, 0.25) is 0 Å². The highest BCUT2D eigenvalue weighted by Crippen LogP contribution is 2.21. The van der Waals surface area contributed by atoms with Crippen molar-refractivity contribution in [3.63, 3.8) is 0 Å². The molecule has 0 saturated heterocycles. The SMILES string of the molecule is CCCOc1ccc(C(C)NCCC2=CCCCC2)cc1. The topological polar surface area (TPSA) is 21.3 Å². The number of ether oxygens (including phenoxy) is 1. The van der Waals surface area contributed by atoms with Crippen LogP contribution in [0.4, 0.5) is 0 Å². The lowest BCUT2D eigenvalue weighted by molar-refractivity contribution is 0.317. The average Bonchev–Trinajstić information content (AvgIpc) is 2.54. The number of allylic oxidation sites excluding steroid dienone is 1. The highest BCUT2D eigenvalue weighted by atomic mass is 16.5. The van der Waals surface area contributed by atoms with Gasteiger partial charge in [0.15, 0.2) is 0 Å². The van der Waals surface area contributed by atoms with Crippen LogP contribution in [-0.4, -0.2) is 13.2 Å². The number of hydrogen-bond acceptors (Lipinski definition) is 2. The van der Waals surface area contributed by atoms with E-state index in [2.05, 4.69) is 49.5 Å². The third kappa shape index (κ3) is 5.55. The molecule has 1 aliphatic rings. The third-order valence-electron chi connectivity index (χ3n) is 4.13. The Balaban J connectivity index is 1.74. The molecular weight excluding hydrogens is 258 g/mol. The summed E-state index contributed by atoms with van der Waals surface area (Å²) in [6, 6.07) is 8.89. The fraction of sp³-hybridized carbons (Fsp3) is 0.579. The monoisotopic (exact) mass is 287 g/mol. The maximum Gasteiger partial charge on any atom is 0.119 e. The molecule has 2 heteroatoms. The fourth-order valence-corrected chi connectivity index (χ4v) is 2.77. The Morgan fingerprint density at radius 1 is 1.19 bits per heavy atom. The number of rotatable bonds is 8. The van der Waals surface area contributed by atoms with Crippen molar-refractivity contribution in [1.29, 1.82) is 0 Å². The second-order valence-corrected chi connectivity index (χ2v) is 5.95. The first-order valence-electron chi connectivity index (χ1n) is 8.43. The summed E-state index contributed by atoms with van der Waals surface area (Å²) < 4.78 is 5.62. The van der Waals surface area contributed by atoms with E-state index in [4.69, 9.17) is 4.74 Å². The Hall–Kier alpha value is -1.28. The van der Waals surface area contributed by atoms with Crippen molar-refractivity contribution < 1.29 is 4.74 Å². The van der Waals surface area contributed by atoms with E-state index < -0.39 is 0 Å². The van der Waals surface area contributed by atoms with Gasteiger partial charge in [0.25, 0.3) is 0 Å². The van der Waals surface area contributed by atoms with Gasteiger partial charge in [-0.3, -0.25) is 0 Å². The van der Waals surface area contributed by atoms with Gasteiger partial charge in [-0.1, -0.05) is 30.7 Å². The molecule has 0 fully saturated rings. The first-order valence-corrected chi connectivity index (χ1v) is 8.43. The van der Waals surface area contributed by atoms with Gasteiger partial charge >= 0.3 is 0 Å². The van der Waals surface area contributed by atoms with Crippen LogP contribution in [0.25, 0.3) is 0 Å². The molecular formula is C19H29NO. The average molecular weight is 287 g/mol. The van der Waals surface area contributed by atoms with E-state index in [-0.39, 0.29) is 0 Å². The van der Waals surface area contributed by atoms with Gasteiger partial charge in [0.1, 0.15) is 5.75 Å². The minimum absolute atomic E-state index is 0.398. The summed E-state index contributed by atoms with van der Waals surface area (Å²) in [4.78, 5) is 0. The van der Waals surface area contributed by atoms with Crippen molar-refractivity contribution in [2.24, 2.45) is 0 Å². The molecule has 0 amide bonds. The molecule has 0 radical (unpaired) electrons. The van der Waals surface area contributed by atoms with E-state index >= 15 is 0 Å². The zero-order chi connectivity index (χ0) is 14.9. The summed E-state index contributed by atoms with van der Waals surface area (Å²) in [6.45, 7) is 6.22. The molecule has 1 aliphatic carbocycles. The first-order chi connectivity index (χ1) is 10.3. The fourth-order valence-electron chi connectivity index (χ4n) is 2.77. The second-order valence-electron chi connectivity index (χ2n) is 5.95.